The Kier molecular flexibility index (Phi) is 10.7. The highest BCUT2D eigenvalue weighted by Crippen LogP contribution is 2.05. The van der Waals surface area contributed by atoms with Gasteiger partial charge in [-0.05, 0) is 41.3 Å². The quantitative estimate of drug-likeness (QED) is 0.219. The molecule has 2 aromatic heterocycles. The van der Waals surface area contributed by atoms with Crippen LogP contribution in [0.3, 0.4) is 0 Å². The van der Waals surface area contributed by atoms with Crippen molar-refractivity contribution in [1.29, 1.82) is 0 Å². The normalized spacial score (nSPS) is 11.3. The van der Waals surface area contributed by atoms with Gasteiger partial charge in [-0.3, -0.25) is 14.4 Å². The summed E-state index contributed by atoms with van der Waals surface area (Å²) in [6.07, 6.45) is 7.08. The van der Waals surface area contributed by atoms with Crippen LogP contribution in [-0.4, -0.2) is 67.1 Å². The van der Waals surface area contributed by atoms with E-state index in [-0.39, 0.29) is 30.6 Å². The Morgan fingerprint density at radius 2 is 1.64 bits per heavy atom. The topological polar surface area (TPSA) is 169 Å². The minimum absolute atomic E-state index is 0.106. The Bertz CT molecular complexity index is 1060. The van der Waals surface area contributed by atoms with Crippen molar-refractivity contribution >= 4 is 23.7 Å². The van der Waals surface area contributed by atoms with Gasteiger partial charge in [0.05, 0.1) is 0 Å². The molecular weight excluding hydrogens is 464 g/mol. The molecule has 0 saturated carbocycles. The van der Waals surface area contributed by atoms with Crippen molar-refractivity contribution in [1.82, 2.24) is 40.9 Å². The number of amides is 3. The van der Waals surface area contributed by atoms with E-state index in [2.05, 4.69) is 46.9 Å². The third-order valence-electron chi connectivity index (χ3n) is 5.08. The van der Waals surface area contributed by atoms with E-state index in [1.54, 1.807) is 18.5 Å². The molecule has 3 aromatic rings. The number of anilines is 1. The van der Waals surface area contributed by atoms with E-state index in [1.165, 1.54) is 6.33 Å². The van der Waals surface area contributed by atoms with Gasteiger partial charge in [0.2, 0.25) is 23.7 Å². The van der Waals surface area contributed by atoms with E-state index >= 15 is 0 Å². The van der Waals surface area contributed by atoms with E-state index in [1.807, 2.05) is 30.3 Å². The second-order valence-corrected chi connectivity index (χ2v) is 7.95. The standard InChI is InChI=1S/C23H30N10O3/c34-20(10-6-11-21(35)30-33-17-28-31-32-33)29-19(16-18-8-2-1-3-9-18)22(36)24-12-4-5-13-25-23-26-14-7-15-27-23/h1-3,7-9,14-15,17,19H,4-6,10-13,16H2,(H,24,36)(H,29,34)(H,30,35)(H,25,26,27)/t19-/m0/s1. The first-order chi connectivity index (χ1) is 17.6. The Morgan fingerprint density at radius 1 is 0.889 bits per heavy atom. The van der Waals surface area contributed by atoms with E-state index in [4.69, 9.17) is 0 Å². The Balaban J connectivity index is 1.40. The van der Waals surface area contributed by atoms with Crippen LogP contribution in [0.15, 0.2) is 55.1 Å². The first-order valence-corrected chi connectivity index (χ1v) is 11.7. The fraction of sp³-hybridized carbons (Fsp3) is 0.391. The van der Waals surface area contributed by atoms with Crippen LogP contribution in [0.2, 0.25) is 0 Å². The van der Waals surface area contributed by atoms with Gasteiger partial charge < -0.3 is 16.0 Å². The summed E-state index contributed by atoms with van der Waals surface area (Å²) in [7, 11) is 0. The van der Waals surface area contributed by atoms with Crippen molar-refractivity contribution in [3.63, 3.8) is 0 Å². The third-order valence-corrected chi connectivity index (χ3v) is 5.08. The number of carbonyl (C=O) groups is 3. The lowest BCUT2D eigenvalue weighted by Gasteiger charge is -2.19. The highest BCUT2D eigenvalue weighted by molar-refractivity contribution is 5.88. The molecular formula is C23H30N10O3. The highest BCUT2D eigenvalue weighted by atomic mass is 16.2. The molecule has 0 aliphatic heterocycles. The fourth-order valence-electron chi connectivity index (χ4n) is 3.31. The molecule has 0 spiro atoms. The van der Waals surface area contributed by atoms with Crippen LogP contribution in [0.25, 0.3) is 0 Å². The number of nitrogens with one attached hydrogen (secondary N) is 4. The number of hydrogen-bond donors (Lipinski definition) is 4. The number of aromatic nitrogens is 6. The van der Waals surface area contributed by atoms with Crippen LogP contribution in [-0.2, 0) is 20.8 Å². The summed E-state index contributed by atoms with van der Waals surface area (Å²) >= 11 is 0. The number of hydrogen-bond acceptors (Lipinski definition) is 9. The molecule has 13 heteroatoms. The summed E-state index contributed by atoms with van der Waals surface area (Å²) in [5.74, 6) is -0.293. The van der Waals surface area contributed by atoms with Crippen molar-refractivity contribution in [2.45, 2.75) is 44.6 Å². The van der Waals surface area contributed by atoms with Crippen LogP contribution < -0.4 is 21.4 Å². The molecule has 3 rings (SSSR count). The zero-order valence-electron chi connectivity index (χ0n) is 19.8. The summed E-state index contributed by atoms with van der Waals surface area (Å²) in [5, 5.41) is 19.2. The lowest BCUT2D eigenvalue weighted by Crippen LogP contribution is -2.48. The summed E-state index contributed by atoms with van der Waals surface area (Å²) < 4.78 is 0. The number of rotatable bonds is 15. The van der Waals surface area contributed by atoms with Gasteiger partial charge in [0.1, 0.15) is 6.04 Å². The van der Waals surface area contributed by atoms with Crippen LogP contribution in [0.1, 0.15) is 37.7 Å². The number of nitrogens with zero attached hydrogens (tertiary/aromatic N) is 6. The minimum Gasteiger partial charge on any atom is -0.354 e. The zero-order valence-corrected chi connectivity index (χ0v) is 19.8. The molecule has 0 bridgehead atoms. The first-order valence-electron chi connectivity index (χ1n) is 11.7. The largest absolute Gasteiger partial charge is 0.354 e. The van der Waals surface area contributed by atoms with Crippen LogP contribution in [0, 0.1) is 0 Å². The highest BCUT2D eigenvalue weighted by Gasteiger charge is 2.21. The predicted molar refractivity (Wildman–Crippen MR) is 131 cm³/mol. The Hall–Kier alpha value is -4.42. The predicted octanol–water partition coefficient (Wildman–Crippen LogP) is 0.440. The molecule has 0 unspecified atom stereocenters. The number of carbonyl (C=O) groups excluding carboxylic acids is 3. The van der Waals surface area contributed by atoms with Gasteiger partial charge in [-0.25, -0.2) is 15.4 Å². The molecule has 36 heavy (non-hydrogen) atoms. The van der Waals surface area contributed by atoms with Gasteiger partial charge >= 0.3 is 0 Å². The molecule has 0 radical (unpaired) electrons. The lowest BCUT2D eigenvalue weighted by molar-refractivity contribution is -0.129. The van der Waals surface area contributed by atoms with Gasteiger partial charge in [0.15, 0.2) is 6.33 Å². The maximum atomic E-state index is 12.8. The van der Waals surface area contributed by atoms with E-state index in [0.717, 1.165) is 23.2 Å². The zero-order chi connectivity index (χ0) is 25.4. The first kappa shape index (κ1) is 26.2. The maximum Gasteiger partial charge on any atom is 0.242 e. The van der Waals surface area contributed by atoms with Crippen molar-refractivity contribution in [3.8, 4) is 0 Å². The smallest absolute Gasteiger partial charge is 0.242 e. The fourth-order valence-corrected chi connectivity index (χ4v) is 3.31. The summed E-state index contributed by atoms with van der Waals surface area (Å²) in [4.78, 5) is 46.6. The Morgan fingerprint density at radius 3 is 2.39 bits per heavy atom. The van der Waals surface area contributed by atoms with Crippen molar-refractivity contribution in [3.05, 3.63) is 60.7 Å². The molecule has 3 amide bonds. The molecule has 0 aliphatic carbocycles. The monoisotopic (exact) mass is 494 g/mol. The van der Waals surface area contributed by atoms with Crippen LogP contribution in [0.4, 0.5) is 5.95 Å². The second kappa shape index (κ2) is 14.8. The lowest BCUT2D eigenvalue weighted by atomic mass is 10.0. The Labute approximate surface area is 208 Å². The molecule has 190 valence electrons. The average Bonchev–Trinajstić information content (AvgIpc) is 3.40. The molecule has 0 aliphatic rings. The van der Waals surface area contributed by atoms with Crippen molar-refractivity contribution in [2.75, 3.05) is 23.8 Å². The van der Waals surface area contributed by atoms with Crippen LogP contribution >= 0.6 is 0 Å². The molecule has 1 atom stereocenters. The molecule has 0 fully saturated rings. The van der Waals surface area contributed by atoms with E-state index in [9.17, 15) is 14.4 Å². The number of tetrazole rings is 1. The average molecular weight is 495 g/mol. The summed E-state index contributed by atoms with van der Waals surface area (Å²) in [5.41, 5.74) is 3.40. The van der Waals surface area contributed by atoms with E-state index < -0.39 is 6.04 Å². The van der Waals surface area contributed by atoms with Crippen molar-refractivity contribution in [2.24, 2.45) is 0 Å². The van der Waals surface area contributed by atoms with Crippen LogP contribution in [0.5, 0.6) is 0 Å². The van der Waals surface area contributed by atoms with Gasteiger partial charge in [-0.1, -0.05) is 30.3 Å². The molecule has 1 aromatic carbocycles. The van der Waals surface area contributed by atoms with Gasteiger partial charge in [-0.15, -0.1) is 9.89 Å². The molecule has 0 saturated heterocycles. The molecule has 2 heterocycles. The summed E-state index contributed by atoms with van der Waals surface area (Å²) in [6, 6.07) is 10.5. The SMILES string of the molecule is O=C(CCCC(=O)Nn1cnnn1)N[C@@H](Cc1ccccc1)C(=O)NCCCCNc1ncccn1. The molecule has 13 nitrogen and oxygen atoms in total. The van der Waals surface area contributed by atoms with Gasteiger partial charge in [-0.2, -0.15) is 0 Å². The number of benzene rings is 1. The van der Waals surface area contributed by atoms with Gasteiger partial charge in [0, 0.05) is 44.7 Å². The second-order valence-electron chi connectivity index (χ2n) is 7.95. The number of unbranched alkanes of at least 4 members (excludes halogenated alkanes) is 1. The third kappa shape index (κ3) is 9.83. The maximum absolute atomic E-state index is 12.8. The van der Waals surface area contributed by atoms with Crippen molar-refractivity contribution < 1.29 is 14.4 Å². The summed E-state index contributed by atoms with van der Waals surface area (Å²) in [6.45, 7) is 1.17. The van der Waals surface area contributed by atoms with E-state index in [0.29, 0.717) is 31.9 Å². The molecule has 4 N–H and O–H groups in total. The van der Waals surface area contributed by atoms with Gasteiger partial charge in [0.25, 0.3) is 0 Å². The minimum atomic E-state index is -0.717.